The Balaban J connectivity index is 1.30. The molecule has 0 amide bonds. The van der Waals surface area contributed by atoms with Crippen molar-refractivity contribution in [3.05, 3.63) is 77.9 Å². The lowest BCUT2D eigenvalue weighted by Gasteiger charge is -2.27. The average molecular weight is 429 g/mol. The fourth-order valence-corrected chi connectivity index (χ4v) is 4.03. The quantitative estimate of drug-likeness (QED) is 0.429. The maximum Gasteiger partial charge on any atom is 0.224 e. The number of hydrogen-bond acceptors (Lipinski definition) is 6. The second-order valence-electron chi connectivity index (χ2n) is 7.80. The van der Waals surface area contributed by atoms with Crippen LogP contribution in [0.1, 0.15) is 21.7 Å². The number of Topliss-reactive ketones (excluding diaryl/α,β-unsaturated/α-hetero) is 1. The van der Waals surface area contributed by atoms with E-state index >= 15 is 0 Å². The van der Waals surface area contributed by atoms with Gasteiger partial charge < -0.3 is 18.8 Å². The molecule has 0 N–H and O–H groups in total. The number of para-hydroxylation sites is 3. The summed E-state index contributed by atoms with van der Waals surface area (Å²) in [6.07, 6.45) is 1.31. The van der Waals surface area contributed by atoms with Crippen molar-refractivity contribution in [2.75, 3.05) is 13.2 Å². The van der Waals surface area contributed by atoms with Crippen molar-refractivity contribution in [2.45, 2.75) is 26.5 Å². The number of hydrogen-bond donors (Lipinski definition) is 0. The zero-order valence-electron chi connectivity index (χ0n) is 17.9. The third kappa shape index (κ3) is 3.77. The minimum absolute atomic E-state index is 0.0955. The maximum absolute atomic E-state index is 13.0. The number of nitrogens with zero attached hydrogens (tertiary/aromatic N) is 3. The Morgan fingerprint density at radius 2 is 1.88 bits per heavy atom. The van der Waals surface area contributed by atoms with Gasteiger partial charge >= 0.3 is 0 Å². The Morgan fingerprint density at radius 3 is 2.75 bits per heavy atom. The number of aromatic nitrogens is 3. The van der Waals surface area contributed by atoms with E-state index in [0.29, 0.717) is 24.6 Å². The lowest BCUT2D eigenvalue weighted by molar-refractivity contribution is 0.0777. The molecule has 0 saturated heterocycles. The van der Waals surface area contributed by atoms with Crippen LogP contribution in [0.2, 0.25) is 0 Å². The number of fused-ring (bicyclic) bond motifs is 2. The Kier molecular flexibility index (Phi) is 5.23. The summed E-state index contributed by atoms with van der Waals surface area (Å²) in [6.45, 7) is 4.89. The summed E-state index contributed by atoms with van der Waals surface area (Å²) in [5, 5.41) is 0.781. The molecule has 0 fully saturated rings. The van der Waals surface area contributed by atoms with Gasteiger partial charge in [-0.3, -0.25) is 4.79 Å². The molecule has 0 unspecified atom stereocenters. The highest BCUT2D eigenvalue weighted by Crippen LogP contribution is 2.31. The van der Waals surface area contributed by atoms with Crippen molar-refractivity contribution < 1.29 is 19.0 Å². The van der Waals surface area contributed by atoms with Crippen molar-refractivity contribution in [3.63, 3.8) is 0 Å². The first kappa shape index (κ1) is 20.1. The van der Waals surface area contributed by atoms with E-state index in [4.69, 9.17) is 14.2 Å². The number of benzene rings is 2. The number of aryl methyl sites for hydroxylation is 1. The summed E-state index contributed by atoms with van der Waals surface area (Å²) in [7, 11) is 0. The van der Waals surface area contributed by atoms with Crippen molar-refractivity contribution in [1.82, 2.24) is 14.5 Å². The van der Waals surface area contributed by atoms with Crippen LogP contribution >= 0.6 is 0 Å². The number of carbonyl (C=O) groups is 1. The smallest absolute Gasteiger partial charge is 0.224 e. The van der Waals surface area contributed by atoms with Crippen LogP contribution in [-0.4, -0.2) is 39.6 Å². The van der Waals surface area contributed by atoms with Gasteiger partial charge in [0.2, 0.25) is 11.7 Å². The average Bonchev–Trinajstić information content (AvgIpc) is 3.11. The van der Waals surface area contributed by atoms with E-state index < -0.39 is 0 Å². The van der Waals surface area contributed by atoms with Crippen LogP contribution in [0.3, 0.4) is 0 Å². The minimum Gasteiger partial charge on any atom is -0.486 e. The molecule has 4 aromatic rings. The van der Waals surface area contributed by atoms with E-state index in [9.17, 15) is 4.79 Å². The predicted molar refractivity (Wildman–Crippen MR) is 120 cm³/mol. The molecule has 7 heteroatoms. The molecule has 3 heterocycles. The van der Waals surface area contributed by atoms with Gasteiger partial charge in [0.05, 0.1) is 17.4 Å². The zero-order chi connectivity index (χ0) is 22.1. The molecule has 7 nitrogen and oxygen atoms in total. The number of ketones is 1. The summed E-state index contributed by atoms with van der Waals surface area (Å²) >= 11 is 0. The first-order valence-electron chi connectivity index (χ1n) is 10.5. The van der Waals surface area contributed by atoms with Crippen LogP contribution in [-0.2, 0) is 6.54 Å². The third-order valence-corrected chi connectivity index (χ3v) is 5.67. The highest BCUT2D eigenvalue weighted by Gasteiger charge is 2.24. The van der Waals surface area contributed by atoms with Crippen LogP contribution < -0.4 is 14.2 Å². The monoisotopic (exact) mass is 429 g/mol. The predicted octanol–water partition coefficient (Wildman–Crippen LogP) is 4.15. The molecule has 1 atom stereocenters. The summed E-state index contributed by atoms with van der Waals surface area (Å²) in [5.41, 5.74) is 3.28. The van der Waals surface area contributed by atoms with Crippen molar-refractivity contribution in [3.8, 4) is 17.4 Å². The topological polar surface area (TPSA) is 75.5 Å². The summed E-state index contributed by atoms with van der Waals surface area (Å²) in [5.74, 6) is 1.81. The Labute approximate surface area is 185 Å². The van der Waals surface area contributed by atoms with Gasteiger partial charge in [-0.1, -0.05) is 24.3 Å². The SMILES string of the molecule is Cc1cc(C(=O)COc2ncnc3ccccc23)c(C)n1C[C@@H]1COc2ccccc2O1. The van der Waals surface area contributed by atoms with E-state index in [-0.39, 0.29) is 18.5 Å². The van der Waals surface area contributed by atoms with Gasteiger partial charge in [-0.2, -0.15) is 0 Å². The van der Waals surface area contributed by atoms with Gasteiger partial charge in [0.25, 0.3) is 0 Å². The van der Waals surface area contributed by atoms with Crippen molar-refractivity contribution in [2.24, 2.45) is 0 Å². The van der Waals surface area contributed by atoms with Gasteiger partial charge in [-0.15, -0.1) is 0 Å². The van der Waals surface area contributed by atoms with Gasteiger partial charge in [-0.25, -0.2) is 9.97 Å². The molecule has 162 valence electrons. The number of carbonyl (C=O) groups excluding carboxylic acids is 1. The first-order chi connectivity index (χ1) is 15.6. The van der Waals surface area contributed by atoms with Crippen LogP contribution in [0.5, 0.6) is 17.4 Å². The van der Waals surface area contributed by atoms with E-state index in [1.54, 1.807) is 0 Å². The largest absolute Gasteiger partial charge is 0.486 e. The van der Waals surface area contributed by atoms with Crippen LogP contribution in [0, 0.1) is 13.8 Å². The van der Waals surface area contributed by atoms with Crippen LogP contribution in [0.4, 0.5) is 0 Å². The van der Waals surface area contributed by atoms with Crippen LogP contribution in [0.25, 0.3) is 10.9 Å². The maximum atomic E-state index is 13.0. The molecule has 0 bridgehead atoms. The Bertz CT molecular complexity index is 1290. The lowest BCUT2D eigenvalue weighted by atomic mass is 10.1. The second-order valence-corrected chi connectivity index (χ2v) is 7.80. The molecule has 5 rings (SSSR count). The third-order valence-electron chi connectivity index (χ3n) is 5.67. The fraction of sp³-hybridized carbons (Fsp3) is 0.240. The molecular formula is C25H23N3O4. The standard InChI is InChI=1S/C25H23N3O4/c1-16-11-20(22(29)14-31-25-19-7-3-4-8-21(19)26-15-27-25)17(2)28(16)12-18-13-30-23-9-5-6-10-24(23)32-18/h3-11,15,18H,12-14H2,1-2H3/t18-/m1/s1. The lowest BCUT2D eigenvalue weighted by Crippen LogP contribution is -2.33. The normalized spacial score (nSPS) is 15.0. The fourth-order valence-electron chi connectivity index (χ4n) is 4.03. The Morgan fingerprint density at radius 1 is 1.09 bits per heavy atom. The summed E-state index contributed by atoms with van der Waals surface area (Å²) in [4.78, 5) is 21.4. The van der Waals surface area contributed by atoms with E-state index in [1.165, 1.54) is 6.33 Å². The van der Waals surface area contributed by atoms with Crippen molar-refractivity contribution >= 4 is 16.7 Å². The molecule has 32 heavy (non-hydrogen) atoms. The number of ether oxygens (including phenoxy) is 3. The van der Waals surface area contributed by atoms with Gasteiger partial charge in [0, 0.05) is 17.0 Å². The second kappa shape index (κ2) is 8.34. The number of rotatable bonds is 6. The summed E-state index contributed by atoms with van der Waals surface area (Å²) in [6, 6.07) is 17.1. The van der Waals surface area contributed by atoms with Crippen LogP contribution in [0.15, 0.2) is 60.9 Å². The Hall–Kier alpha value is -3.87. The molecule has 0 aliphatic carbocycles. The van der Waals surface area contributed by atoms with Gasteiger partial charge in [0.1, 0.15) is 12.9 Å². The van der Waals surface area contributed by atoms with Gasteiger partial charge in [0.15, 0.2) is 24.2 Å². The first-order valence-corrected chi connectivity index (χ1v) is 10.5. The molecule has 0 radical (unpaired) electrons. The zero-order valence-corrected chi connectivity index (χ0v) is 17.9. The highest BCUT2D eigenvalue weighted by molar-refractivity contribution is 5.98. The van der Waals surface area contributed by atoms with Crippen molar-refractivity contribution in [1.29, 1.82) is 0 Å². The molecular weight excluding hydrogens is 406 g/mol. The molecule has 0 spiro atoms. The van der Waals surface area contributed by atoms with E-state index in [2.05, 4.69) is 14.5 Å². The summed E-state index contributed by atoms with van der Waals surface area (Å²) < 4.78 is 19.8. The molecule has 1 aliphatic heterocycles. The highest BCUT2D eigenvalue weighted by atomic mass is 16.6. The molecule has 2 aromatic heterocycles. The minimum atomic E-state index is -0.138. The van der Waals surface area contributed by atoms with E-state index in [1.807, 2.05) is 68.4 Å². The molecule has 1 aliphatic rings. The van der Waals surface area contributed by atoms with Gasteiger partial charge in [-0.05, 0) is 44.2 Å². The molecule has 0 saturated carbocycles. The molecule has 2 aromatic carbocycles. The van der Waals surface area contributed by atoms with E-state index in [0.717, 1.165) is 33.8 Å².